The molecule has 1 aliphatic rings. The van der Waals surface area contributed by atoms with E-state index in [0.717, 1.165) is 27.8 Å². The monoisotopic (exact) mass is 445 g/mol. The van der Waals surface area contributed by atoms with Gasteiger partial charge in [-0.1, -0.05) is 74.8 Å². The number of benzene rings is 3. The minimum Gasteiger partial charge on any atom is -0.471 e. The largest absolute Gasteiger partial charge is 0.471 e. The Balaban J connectivity index is 1.62. The quantitative estimate of drug-likeness (QED) is 0.319. The van der Waals surface area contributed by atoms with Crippen LogP contribution in [0.1, 0.15) is 31.9 Å². The highest BCUT2D eigenvalue weighted by Crippen LogP contribution is 2.42. The number of ether oxygens (including phenoxy) is 1. The van der Waals surface area contributed by atoms with E-state index < -0.39 is 5.63 Å². The van der Waals surface area contributed by atoms with Gasteiger partial charge in [0, 0.05) is 17.1 Å². The van der Waals surface area contributed by atoms with E-state index in [-0.39, 0.29) is 5.41 Å². The van der Waals surface area contributed by atoms with Crippen molar-refractivity contribution in [2.45, 2.75) is 32.7 Å². The molecule has 162 valence electrons. The second kappa shape index (κ2) is 7.72. The van der Waals surface area contributed by atoms with Gasteiger partial charge in [-0.2, -0.15) is 0 Å². The second-order valence-corrected chi connectivity index (χ2v) is 9.56. The Labute approximate surface area is 192 Å². The molecule has 0 N–H and O–H groups in total. The lowest BCUT2D eigenvalue weighted by Crippen LogP contribution is -2.32. The molecular formula is C27H24ClNO3. The molecule has 32 heavy (non-hydrogen) atoms. The predicted octanol–water partition coefficient (Wildman–Crippen LogP) is 6.77. The number of hydrogen-bond acceptors (Lipinski definition) is 4. The van der Waals surface area contributed by atoms with Crippen molar-refractivity contribution < 1.29 is 9.15 Å². The lowest BCUT2D eigenvalue weighted by atomic mass is 9.87. The van der Waals surface area contributed by atoms with Crippen LogP contribution in [0, 0.1) is 0 Å². The molecule has 3 aromatic carbocycles. The molecule has 1 aromatic heterocycles. The van der Waals surface area contributed by atoms with Gasteiger partial charge in [-0.25, -0.2) is 4.79 Å². The number of nitrogens with zero attached hydrogens (tertiary/aromatic N) is 1. The lowest BCUT2D eigenvalue weighted by molar-refractivity contribution is 0.289. The maximum Gasteiger partial charge on any atom is 0.336 e. The third kappa shape index (κ3) is 3.65. The summed E-state index contributed by atoms with van der Waals surface area (Å²) in [5, 5.41) is 1.31. The summed E-state index contributed by atoms with van der Waals surface area (Å²) >= 11 is 6.62. The smallest absolute Gasteiger partial charge is 0.336 e. The molecule has 0 aliphatic carbocycles. The molecule has 0 unspecified atom stereocenters. The van der Waals surface area contributed by atoms with Crippen molar-refractivity contribution in [2.75, 3.05) is 11.6 Å². The van der Waals surface area contributed by atoms with Crippen molar-refractivity contribution in [1.82, 2.24) is 0 Å². The zero-order valence-corrected chi connectivity index (χ0v) is 19.1. The van der Waals surface area contributed by atoms with Gasteiger partial charge in [-0.15, -0.1) is 0 Å². The van der Waals surface area contributed by atoms with Gasteiger partial charge in [0.2, 0.25) is 0 Å². The van der Waals surface area contributed by atoms with Gasteiger partial charge in [0.25, 0.3) is 0 Å². The molecule has 0 saturated heterocycles. The highest BCUT2D eigenvalue weighted by Gasteiger charge is 2.26. The van der Waals surface area contributed by atoms with Crippen molar-refractivity contribution >= 4 is 28.3 Å². The van der Waals surface area contributed by atoms with Crippen molar-refractivity contribution in [2.24, 2.45) is 0 Å². The molecule has 0 spiro atoms. The number of hydrogen-bond donors (Lipinski definition) is 0. The van der Waals surface area contributed by atoms with Gasteiger partial charge in [-0.05, 0) is 40.3 Å². The predicted molar refractivity (Wildman–Crippen MR) is 130 cm³/mol. The fourth-order valence-electron chi connectivity index (χ4n) is 4.18. The first kappa shape index (κ1) is 20.7. The van der Waals surface area contributed by atoms with Crippen LogP contribution in [0.4, 0.5) is 5.69 Å². The average Bonchev–Trinajstić information content (AvgIpc) is 2.79. The van der Waals surface area contributed by atoms with Crippen LogP contribution in [-0.2, 0) is 12.0 Å². The standard InChI is InChI=1S/C27H24ClNO3/c1-27(2,3)18-9-11-19(12-10-18)29-15-22-25-21(13-23(28)26(22)31-16-29)20(14-24(30)32-25)17-7-5-4-6-8-17/h4-14H,15-16H2,1-3H3. The third-order valence-electron chi connectivity index (χ3n) is 5.93. The van der Waals surface area contributed by atoms with Crippen LogP contribution in [0.15, 0.2) is 75.9 Å². The zero-order chi connectivity index (χ0) is 22.5. The van der Waals surface area contributed by atoms with Gasteiger partial charge in [-0.3, -0.25) is 0 Å². The Bertz CT molecular complexity index is 1350. The molecule has 5 rings (SSSR count). The Kier molecular flexibility index (Phi) is 4.98. The summed E-state index contributed by atoms with van der Waals surface area (Å²) in [5.41, 5.74) is 5.04. The number of halogens is 1. The first-order chi connectivity index (χ1) is 15.3. The fraction of sp³-hybridized carbons (Fsp3) is 0.222. The van der Waals surface area contributed by atoms with E-state index in [2.05, 4.69) is 49.9 Å². The average molecular weight is 446 g/mol. The van der Waals surface area contributed by atoms with Crippen LogP contribution in [0.5, 0.6) is 5.75 Å². The maximum atomic E-state index is 12.5. The van der Waals surface area contributed by atoms with Crippen molar-refractivity contribution in [3.63, 3.8) is 0 Å². The van der Waals surface area contributed by atoms with E-state index in [9.17, 15) is 4.79 Å². The second-order valence-electron chi connectivity index (χ2n) is 9.16. The highest BCUT2D eigenvalue weighted by molar-refractivity contribution is 6.33. The van der Waals surface area contributed by atoms with Crippen LogP contribution < -0.4 is 15.3 Å². The minimum absolute atomic E-state index is 0.0878. The molecule has 0 radical (unpaired) electrons. The van der Waals surface area contributed by atoms with Gasteiger partial charge >= 0.3 is 5.63 Å². The van der Waals surface area contributed by atoms with Crippen LogP contribution in [0.25, 0.3) is 22.1 Å². The Hall–Kier alpha value is -3.24. The molecule has 1 aliphatic heterocycles. The maximum absolute atomic E-state index is 12.5. The van der Waals surface area contributed by atoms with E-state index in [1.54, 1.807) is 0 Å². The SMILES string of the molecule is CC(C)(C)c1ccc(N2COc3c(Cl)cc4c(-c5ccccc5)cc(=O)oc4c3C2)cc1. The number of anilines is 1. The van der Waals surface area contributed by atoms with E-state index in [1.165, 1.54) is 11.6 Å². The van der Waals surface area contributed by atoms with Crippen LogP contribution >= 0.6 is 11.6 Å². The zero-order valence-electron chi connectivity index (χ0n) is 18.3. The van der Waals surface area contributed by atoms with Crippen molar-refractivity contribution in [3.8, 4) is 16.9 Å². The van der Waals surface area contributed by atoms with Gasteiger partial charge < -0.3 is 14.1 Å². The Morgan fingerprint density at radius 1 is 0.969 bits per heavy atom. The van der Waals surface area contributed by atoms with E-state index in [1.807, 2.05) is 36.4 Å². The van der Waals surface area contributed by atoms with Gasteiger partial charge in [0.1, 0.15) is 11.3 Å². The highest BCUT2D eigenvalue weighted by atomic mass is 35.5. The van der Waals surface area contributed by atoms with Gasteiger partial charge in [0.15, 0.2) is 6.73 Å². The third-order valence-corrected chi connectivity index (χ3v) is 6.21. The minimum atomic E-state index is -0.396. The summed E-state index contributed by atoms with van der Waals surface area (Å²) in [7, 11) is 0. The molecule has 0 bridgehead atoms. The van der Waals surface area contributed by atoms with Crippen LogP contribution in [0.2, 0.25) is 5.02 Å². The molecule has 0 fully saturated rings. The van der Waals surface area contributed by atoms with Crippen molar-refractivity contribution in [1.29, 1.82) is 0 Å². The van der Waals surface area contributed by atoms with E-state index >= 15 is 0 Å². The molecule has 4 aromatic rings. The van der Waals surface area contributed by atoms with Crippen molar-refractivity contribution in [3.05, 3.63) is 93.3 Å². The Morgan fingerprint density at radius 2 is 1.69 bits per heavy atom. The fourth-order valence-corrected chi connectivity index (χ4v) is 4.46. The number of fused-ring (bicyclic) bond motifs is 3. The van der Waals surface area contributed by atoms with Crippen LogP contribution in [-0.4, -0.2) is 6.73 Å². The molecule has 2 heterocycles. The Morgan fingerprint density at radius 3 is 2.38 bits per heavy atom. The summed E-state index contributed by atoms with van der Waals surface area (Å²) < 4.78 is 11.7. The summed E-state index contributed by atoms with van der Waals surface area (Å²) in [5.74, 6) is 0.579. The van der Waals surface area contributed by atoms with E-state index in [0.29, 0.717) is 29.6 Å². The molecule has 0 saturated carbocycles. The molecular weight excluding hydrogens is 422 g/mol. The summed E-state index contributed by atoms with van der Waals surface area (Å²) in [4.78, 5) is 14.6. The first-order valence-corrected chi connectivity index (χ1v) is 11.0. The summed E-state index contributed by atoms with van der Waals surface area (Å²) in [6.07, 6.45) is 0. The van der Waals surface area contributed by atoms with Crippen LogP contribution in [0.3, 0.4) is 0 Å². The van der Waals surface area contributed by atoms with Gasteiger partial charge in [0.05, 0.1) is 17.1 Å². The summed E-state index contributed by atoms with van der Waals surface area (Å²) in [6.45, 7) is 7.49. The molecule has 4 nitrogen and oxygen atoms in total. The van der Waals surface area contributed by atoms with E-state index in [4.69, 9.17) is 20.8 Å². The molecule has 5 heteroatoms. The first-order valence-electron chi connectivity index (χ1n) is 10.6. The lowest BCUT2D eigenvalue weighted by Gasteiger charge is -2.32. The number of rotatable bonds is 2. The molecule has 0 atom stereocenters. The summed E-state index contributed by atoms with van der Waals surface area (Å²) in [6, 6.07) is 21.6. The topological polar surface area (TPSA) is 42.7 Å². The molecule has 0 amide bonds. The normalized spacial score (nSPS) is 13.7.